The topological polar surface area (TPSA) is 27.7 Å². The SMILES string of the molecule is COB(OBr)Oc1ccc(Br)c(Br)c1Br. The van der Waals surface area contributed by atoms with Gasteiger partial charge in [0.1, 0.15) is 5.75 Å². The van der Waals surface area contributed by atoms with E-state index in [0.717, 1.165) is 13.4 Å². The standard InChI is InChI=1S/C7H5BBr4O3/c1-13-8(15-12)14-5-3-2-4(9)6(10)7(5)11/h2-3H,1H3. The molecule has 0 heterocycles. The fraction of sp³-hybridized carbons (Fsp3) is 0.143. The molecule has 0 aromatic heterocycles. The quantitative estimate of drug-likeness (QED) is 0.488. The van der Waals surface area contributed by atoms with Crippen molar-refractivity contribution in [3.05, 3.63) is 25.6 Å². The number of hydrogen-bond donors (Lipinski definition) is 0. The van der Waals surface area contributed by atoms with Crippen LogP contribution in [0.25, 0.3) is 0 Å². The van der Waals surface area contributed by atoms with Gasteiger partial charge in [-0.1, -0.05) is 0 Å². The molecular weight excluding hydrogens is 463 g/mol. The largest absolute Gasteiger partial charge is 0.724 e. The van der Waals surface area contributed by atoms with Gasteiger partial charge in [-0.15, -0.1) is 0 Å². The summed E-state index contributed by atoms with van der Waals surface area (Å²) in [4.78, 5) is 0. The van der Waals surface area contributed by atoms with E-state index < -0.39 is 7.32 Å². The van der Waals surface area contributed by atoms with Crippen molar-refractivity contribution in [1.82, 2.24) is 0 Å². The zero-order valence-corrected chi connectivity index (χ0v) is 13.8. The molecule has 8 heteroatoms. The number of benzene rings is 1. The van der Waals surface area contributed by atoms with Crippen LogP contribution in [0.1, 0.15) is 0 Å². The second kappa shape index (κ2) is 6.61. The van der Waals surface area contributed by atoms with Crippen LogP contribution in [0.5, 0.6) is 5.75 Å². The molecule has 82 valence electrons. The summed E-state index contributed by atoms with van der Waals surface area (Å²) in [5.41, 5.74) is 0. The first-order valence-corrected chi connectivity index (χ1v) is 6.73. The zero-order valence-electron chi connectivity index (χ0n) is 7.47. The van der Waals surface area contributed by atoms with Crippen LogP contribution < -0.4 is 4.65 Å². The van der Waals surface area contributed by atoms with Gasteiger partial charge in [-0.25, -0.2) is 0 Å². The molecule has 0 unspecified atom stereocenters. The first kappa shape index (κ1) is 14.0. The predicted molar refractivity (Wildman–Crippen MR) is 72.9 cm³/mol. The zero-order chi connectivity index (χ0) is 11.4. The average Bonchev–Trinajstić information content (AvgIpc) is 2.25. The van der Waals surface area contributed by atoms with Gasteiger partial charge in [0, 0.05) is 16.1 Å². The van der Waals surface area contributed by atoms with Gasteiger partial charge in [0.2, 0.25) is 0 Å². The van der Waals surface area contributed by atoms with Crippen molar-refractivity contribution in [1.29, 1.82) is 0 Å². The molecule has 3 nitrogen and oxygen atoms in total. The monoisotopic (exact) mass is 464 g/mol. The Morgan fingerprint density at radius 1 is 1.13 bits per heavy atom. The van der Waals surface area contributed by atoms with Gasteiger partial charge in [-0.3, -0.25) is 3.75 Å². The number of rotatable bonds is 4. The van der Waals surface area contributed by atoms with Gasteiger partial charge < -0.3 is 9.31 Å². The van der Waals surface area contributed by atoms with Crippen LogP contribution in [0, 0.1) is 0 Å². The molecule has 0 saturated carbocycles. The van der Waals surface area contributed by atoms with Crippen molar-refractivity contribution in [3.63, 3.8) is 0 Å². The Morgan fingerprint density at radius 2 is 1.80 bits per heavy atom. The second-order valence-electron chi connectivity index (χ2n) is 2.40. The Bertz CT molecular complexity index is 345. The van der Waals surface area contributed by atoms with Crippen LogP contribution in [0.15, 0.2) is 25.6 Å². The minimum absolute atomic E-state index is 0.608. The molecule has 0 radical (unpaired) electrons. The van der Waals surface area contributed by atoms with E-state index in [2.05, 4.69) is 64.0 Å². The van der Waals surface area contributed by atoms with E-state index in [1.165, 1.54) is 7.11 Å². The lowest BCUT2D eigenvalue weighted by atomic mass is 10.2. The number of hydrogen-bond acceptors (Lipinski definition) is 3. The normalized spacial score (nSPS) is 10.2. The van der Waals surface area contributed by atoms with Crippen molar-refractivity contribution in [3.8, 4) is 5.75 Å². The molecule has 0 atom stereocenters. The highest BCUT2D eigenvalue weighted by Crippen LogP contribution is 2.38. The molecule has 0 bridgehead atoms. The molecule has 1 aromatic carbocycles. The minimum Gasteiger partial charge on any atom is -0.510 e. The van der Waals surface area contributed by atoms with E-state index in [1.54, 1.807) is 6.07 Å². The Balaban J connectivity index is 2.91. The molecular formula is C7H5BBr4O3. The molecule has 15 heavy (non-hydrogen) atoms. The van der Waals surface area contributed by atoms with Gasteiger partial charge in [0.15, 0.2) is 0 Å². The lowest BCUT2D eigenvalue weighted by Gasteiger charge is -2.12. The fourth-order valence-corrected chi connectivity index (χ4v) is 2.40. The van der Waals surface area contributed by atoms with Gasteiger partial charge in [0.05, 0.1) is 20.7 Å². The van der Waals surface area contributed by atoms with Crippen molar-refractivity contribution in [2.45, 2.75) is 0 Å². The summed E-state index contributed by atoms with van der Waals surface area (Å²) in [5.74, 6) is 0.608. The van der Waals surface area contributed by atoms with E-state index in [0.29, 0.717) is 5.75 Å². The summed E-state index contributed by atoms with van der Waals surface area (Å²) in [7, 11) is 0.683. The molecule has 0 fully saturated rings. The molecule has 0 aliphatic carbocycles. The summed E-state index contributed by atoms with van der Waals surface area (Å²) < 4.78 is 17.6. The van der Waals surface area contributed by atoms with E-state index >= 15 is 0 Å². The van der Waals surface area contributed by atoms with Gasteiger partial charge in [-0.05, 0) is 59.9 Å². The van der Waals surface area contributed by atoms with Gasteiger partial charge in [-0.2, -0.15) is 0 Å². The van der Waals surface area contributed by atoms with Crippen LogP contribution in [-0.2, 0) is 8.40 Å². The van der Waals surface area contributed by atoms with Crippen LogP contribution in [0.2, 0.25) is 0 Å². The summed E-state index contributed by atoms with van der Waals surface area (Å²) >= 11 is 13.0. The summed E-state index contributed by atoms with van der Waals surface area (Å²) in [6.45, 7) is 0. The highest BCUT2D eigenvalue weighted by Gasteiger charge is 2.23. The Labute approximate surface area is 122 Å². The molecule has 0 amide bonds. The van der Waals surface area contributed by atoms with Gasteiger partial charge >= 0.3 is 7.32 Å². The van der Waals surface area contributed by atoms with Gasteiger partial charge in [0.25, 0.3) is 0 Å². The average molecular weight is 468 g/mol. The Kier molecular flexibility index (Phi) is 6.16. The summed E-state index contributed by atoms with van der Waals surface area (Å²) in [6, 6.07) is 3.64. The van der Waals surface area contributed by atoms with Crippen molar-refractivity contribution in [2.24, 2.45) is 0 Å². The molecule has 1 aromatic rings. The third-order valence-electron chi connectivity index (χ3n) is 1.49. The molecule has 0 aliphatic rings. The van der Waals surface area contributed by atoms with Crippen LogP contribution >= 0.6 is 64.0 Å². The summed E-state index contributed by atoms with van der Waals surface area (Å²) in [6.07, 6.45) is 0. The van der Waals surface area contributed by atoms with E-state index in [4.69, 9.17) is 13.1 Å². The molecule has 0 spiro atoms. The van der Waals surface area contributed by atoms with Crippen molar-refractivity contribution in [2.75, 3.05) is 7.11 Å². The molecule has 0 saturated heterocycles. The second-order valence-corrected chi connectivity index (χ2v) is 5.22. The third kappa shape index (κ3) is 3.71. The van der Waals surface area contributed by atoms with Crippen LogP contribution in [0.4, 0.5) is 0 Å². The van der Waals surface area contributed by atoms with Crippen LogP contribution in [-0.4, -0.2) is 14.4 Å². The summed E-state index contributed by atoms with van der Waals surface area (Å²) in [5, 5.41) is 0. The van der Waals surface area contributed by atoms with Crippen molar-refractivity contribution >= 4 is 71.4 Å². The Hall–Kier alpha value is 0.925. The predicted octanol–water partition coefficient (Wildman–Crippen LogP) is 4.31. The van der Waals surface area contributed by atoms with E-state index in [1.807, 2.05) is 6.07 Å². The maximum Gasteiger partial charge on any atom is 0.724 e. The number of halogens is 4. The minimum atomic E-state index is -0.797. The van der Waals surface area contributed by atoms with Crippen molar-refractivity contribution < 1.29 is 13.1 Å². The smallest absolute Gasteiger partial charge is 0.510 e. The first-order chi connectivity index (χ1) is 7.10. The first-order valence-electron chi connectivity index (χ1n) is 3.70. The van der Waals surface area contributed by atoms with Crippen LogP contribution in [0.3, 0.4) is 0 Å². The maximum atomic E-state index is 5.39. The van der Waals surface area contributed by atoms with E-state index in [9.17, 15) is 0 Å². The third-order valence-corrected chi connectivity index (χ3v) is 5.13. The lowest BCUT2D eigenvalue weighted by Crippen LogP contribution is -2.25. The highest BCUT2D eigenvalue weighted by atomic mass is 79.9. The lowest BCUT2D eigenvalue weighted by molar-refractivity contribution is 0.265. The molecule has 0 N–H and O–H groups in total. The fourth-order valence-electron chi connectivity index (χ4n) is 0.806. The highest BCUT2D eigenvalue weighted by molar-refractivity contribution is 9.14. The van der Waals surface area contributed by atoms with E-state index in [-0.39, 0.29) is 0 Å². The molecule has 1 rings (SSSR count). The maximum absolute atomic E-state index is 5.39. The molecule has 0 aliphatic heterocycles. The Morgan fingerprint density at radius 3 is 2.33 bits per heavy atom.